The fraction of sp³-hybridized carbons (Fsp3) is 0.200. The highest BCUT2D eigenvalue weighted by Gasteiger charge is 2.52. The van der Waals surface area contributed by atoms with Crippen LogP contribution in [0.2, 0.25) is 0 Å². The molecule has 1 amide bonds. The van der Waals surface area contributed by atoms with E-state index in [1.807, 2.05) is 12.1 Å². The van der Waals surface area contributed by atoms with E-state index in [0.717, 1.165) is 5.39 Å². The molecule has 1 aliphatic carbocycles. The molecule has 2 aromatic carbocycles. The van der Waals surface area contributed by atoms with Crippen LogP contribution in [0.5, 0.6) is 0 Å². The first-order valence-corrected chi connectivity index (χ1v) is 8.20. The van der Waals surface area contributed by atoms with E-state index in [0.29, 0.717) is 35.2 Å². The van der Waals surface area contributed by atoms with Gasteiger partial charge in [0.2, 0.25) is 5.91 Å². The Kier molecular flexibility index (Phi) is 3.46. The maximum absolute atomic E-state index is 14.1. The van der Waals surface area contributed by atoms with Gasteiger partial charge in [-0.1, -0.05) is 24.3 Å². The number of benzene rings is 2. The van der Waals surface area contributed by atoms with Crippen LogP contribution < -0.4 is 10.9 Å². The molecule has 25 heavy (non-hydrogen) atoms. The Morgan fingerprint density at radius 2 is 1.92 bits per heavy atom. The fourth-order valence-corrected chi connectivity index (χ4v) is 3.23. The van der Waals surface area contributed by atoms with Crippen LogP contribution in [0.3, 0.4) is 0 Å². The Morgan fingerprint density at radius 3 is 2.64 bits per heavy atom. The van der Waals surface area contributed by atoms with Crippen molar-refractivity contribution in [3.05, 3.63) is 75.8 Å². The summed E-state index contributed by atoms with van der Waals surface area (Å²) < 4.78 is 14.1. The van der Waals surface area contributed by atoms with E-state index < -0.39 is 5.41 Å². The lowest BCUT2D eigenvalue weighted by Gasteiger charge is -2.16. The van der Waals surface area contributed by atoms with Gasteiger partial charge in [0.25, 0.3) is 5.56 Å². The van der Waals surface area contributed by atoms with E-state index in [4.69, 9.17) is 0 Å². The minimum atomic E-state index is -0.791. The van der Waals surface area contributed by atoms with Crippen LogP contribution >= 0.6 is 0 Å². The molecule has 4 rings (SSSR count). The van der Waals surface area contributed by atoms with Gasteiger partial charge in [0.15, 0.2) is 0 Å². The molecule has 0 unspecified atom stereocenters. The molecule has 2 N–H and O–H groups in total. The van der Waals surface area contributed by atoms with Gasteiger partial charge < -0.3 is 10.3 Å². The van der Waals surface area contributed by atoms with E-state index in [1.165, 1.54) is 6.07 Å². The van der Waals surface area contributed by atoms with Crippen molar-refractivity contribution in [1.29, 1.82) is 0 Å². The molecule has 3 aromatic rings. The fourth-order valence-electron chi connectivity index (χ4n) is 3.23. The number of pyridine rings is 1. The van der Waals surface area contributed by atoms with Crippen molar-refractivity contribution in [3.63, 3.8) is 0 Å². The summed E-state index contributed by atoms with van der Waals surface area (Å²) in [4.78, 5) is 27.3. The minimum Gasteiger partial charge on any atom is -0.325 e. The largest absolute Gasteiger partial charge is 0.325 e. The van der Waals surface area contributed by atoms with Crippen LogP contribution in [0.25, 0.3) is 10.9 Å². The standard InChI is InChI=1S/C20H17FN2O2/c1-12-10-13-6-7-14(11-17(13)23-18(12)24)22-19(25)20(8-9-20)15-4-2-3-5-16(15)21/h2-7,10-11H,8-9H2,1H3,(H,22,25)(H,23,24). The van der Waals surface area contributed by atoms with Gasteiger partial charge in [-0.15, -0.1) is 0 Å². The van der Waals surface area contributed by atoms with E-state index >= 15 is 0 Å². The van der Waals surface area contributed by atoms with Gasteiger partial charge in [0.05, 0.1) is 10.9 Å². The molecule has 1 saturated carbocycles. The zero-order valence-corrected chi connectivity index (χ0v) is 13.7. The topological polar surface area (TPSA) is 62.0 Å². The number of H-pyrrole nitrogens is 1. The quantitative estimate of drug-likeness (QED) is 0.767. The van der Waals surface area contributed by atoms with Crippen molar-refractivity contribution < 1.29 is 9.18 Å². The zero-order valence-electron chi connectivity index (χ0n) is 13.7. The van der Waals surface area contributed by atoms with E-state index in [1.54, 1.807) is 37.3 Å². The minimum absolute atomic E-state index is 0.152. The van der Waals surface area contributed by atoms with Crippen LogP contribution in [0.4, 0.5) is 10.1 Å². The average molecular weight is 336 g/mol. The Labute approximate surface area is 143 Å². The molecule has 5 heteroatoms. The third kappa shape index (κ3) is 2.61. The second-order valence-electron chi connectivity index (χ2n) is 6.60. The van der Waals surface area contributed by atoms with Gasteiger partial charge in [0.1, 0.15) is 5.82 Å². The first kappa shape index (κ1) is 15.6. The number of hydrogen-bond acceptors (Lipinski definition) is 2. The van der Waals surface area contributed by atoms with Crippen molar-refractivity contribution >= 4 is 22.5 Å². The van der Waals surface area contributed by atoms with Crippen LogP contribution in [0.15, 0.2) is 53.3 Å². The number of aromatic amines is 1. The molecule has 1 fully saturated rings. The molecule has 1 aliphatic rings. The predicted molar refractivity (Wildman–Crippen MR) is 95.2 cm³/mol. The monoisotopic (exact) mass is 336 g/mol. The summed E-state index contributed by atoms with van der Waals surface area (Å²) in [5, 5.41) is 3.76. The molecule has 0 radical (unpaired) electrons. The van der Waals surface area contributed by atoms with Gasteiger partial charge in [-0.05, 0) is 49.4 Å². The normalized spacial score (nSPS) is 15.1. The van der Waals surface area contributed by atoms with Crippen molar-refractivity contribution in [2.24, 2.45) is 0 Å². The number of amides is 1. The summed E-state index contributed by atoms with van der Waals surface area (Å²) in [6, 6.07) is 13.6. The predicted octanol–water partition coefficient (Wildman–Crippen LogP) is 3.65. The van der Waals surface area contributed by atoms with Gasteiger partial charge in [-0.3, -0.25) is 9.59 Å². The Balaban J connectivity index is 1.65. The van der Waals surface area contributed by atoms with Crippen molar-refractivity contribution in [1.82, 2.24) is 4.98 Å². The number of nitrogens with one attached hydrogen (secondary N) is 2. The Hall–Kier alpha value is -2.95. The molecule has 4 nitrogen and oxygen atoms in total. The second kappa shape index (κ2) is 5.55. The molecule has 0 bridgehead atoms. The van der Waals surface area contributed by atoms with Gasteiger partial charge in [0, 0.05) is 16.8 Å². The molecular weight excluding hydrogens is 319 g/mol. The lowest BCUT2D eigenvalue weighted by molar-refractivity contribution is -0.118. The van der Waals surface area contributed by atoms with Gasteiger partial charge in [-0.25, -0.2) is 4.39 Å². The van der Waals surface area contributed by atoms with Gasteiger partial charge >= 0.3 is 0 Å². The number of rotatable bonds is 3. The number of anilines is 1. The highest BCUT2D eigenvalue weighted by Crippen LogP contribution is 2.49. The smallest absolute Gasteiger partial charge is 0.251 e. The van der Waals surface area contributed by atoms with E-state index in [2.05, 4.69) is 10.3 Å². The summed E-state index contributed by atoms with van der Waals surface area (Å²) in [7, 11) is 0. The molecule has 0 saturated heterocycles. The van der Waals surface area contributed by atoms with Crippen molar-refractivity contribution in [3.8, 4) is 0 Å². The SMILES string of the molecule is Cc1cc2ccc(NC(=O)C3(c4ccccc4F)CC3)cc2[nH]c1=O. The zero-order chi connectivity index (χ0) is 17.6. The van der Waals surface area contributed by atoms with Gasteiger partial charge in [-0.2, -0.15) is 0 Å². The first-order chi connectivity index (χ1) is 12.0. The molecule has 1 heterocycles. The molecule has 0 aliphatic heterocycles. The average Bonchev–Trinajstić information content (AvgIpc) is 3.38. The van der Waals surface area contributed by atoms with Crippen LogP contribution in [-0.4, -0.2) is 10.9 Å². The molecule has 1 aromatic heterocycles. The summed E-state index contributed by atoms with van der Waals surface area (Å²) >= 11 is 0. The van der Waals surface area contributed by atoms with Crippen molar-refractivity contribution in [2.75, 3.05) is 5.32 Å². The maximum atomic E-state index is 14.1. The highest BCUT2D eigenvalue weighted by atomic mass is 19.1. The van der Waals surface area contributed by atoms with Crippen LogP contribution in [0.1, 0.15) is 24.0 Å². The number of halogens is 1. The van der Waals surface area contributed by atoms with Crippen LogP contribution in [-0.2, 0) is 10.2 Å². The number of aryl methyl sites for hydroxylation is 1. The lowest BCUT2D eigenvalue weighted by atomic mass is 9.94. The lowest BCUT2D eigenvalue weighted by Crippen LogP contribution is -2.28. The number of carbonyl (C=O) groups is 1. The summed E-state index contributed by atoms with van der Waals surface area (Å²) in [5.74, 6) is -0.570. The number of carbonyl (C=O) groups excluding carboxylic acids is 1. The highest BCUT2D eigenvalue weighted by molar-refractivity contribution is 6.02. The number of hydrogen-bond donors (Lipinski definition) is 2. The molecule has 0 atom stereocenters. The molecular formula is C20H17FN2O2. The second-order valence-corrected chi connectivity index (χ2v) is 6.60. The Morgan fingerprint density at radius 1 is 1.16 bits per heavy atom. The van der Waals surface area contributed by atoms with E-state index in [9.17, 15) is 14.0 Å². The summed E-state index contributed by atoms with van der Waals surface area (Å²) in [6.07, 6.45) is 1.26. The van der Waals surface area contributed by atoms with Crippen molar-refractivity contribution in [2.45, 2.75) is 25.2 Å². The number of fused-ring (bicyclic) bond motifs is 1. The molecule has 0 spiro atoms. The third-order valence-corrected chi connectivity index (χ3v) is 4.86. The summed E-state index contributed by atoms with van der Waals surface area (Å²) in [5.41, 5.74) is 1.38. The van der Waals surface area contributed by atoms with E-state index in [-0.39, 0.29) is 17.3 Å². The van der Waals surface area contributed by atoms with Crippen LogP contribution in [0, 0.1) is 12.7 Å². The Bertz CT molecular complexity index is 1050. The molecule has 126 valence electrons. The third-order valence-electron chi connectivity index (χ3n) is 4.86. The number of aromatic nitrogens is 1. The summed E-state index contributed by atoms with van der Waals surface area (Å²) in [6.45, 7) is 1.75. The maximum Gasteiger partial charge on any atom is 0.251 e. The first-order valence-electron chi connectivity index (χ1n) is 8.20.